The standard InChI is InChI=1S/C13H23N3O3/c1-16(5-3-7-18-2)6-4-15-13(17)11-8-12(9-14)19-10-11/h8,10H,3-7,9,14H2,1-2H3,(H,15,17). The Morgan fingerprint density at radius 1 is 1.53 bits per heavy atom. The van der Waals surface area contributed by atoms with E-state index in [1.54, 1.807) is 13.2 Å². The summed E-state index contributed by atoms with van der Waals surface area (Å²) >= 11 is 0. The summed E-state index contributed by atoms with van der Waals surface area (Å²) in [5.41, 5.74) is 5.93. The summed E-state index contributed by atoms with van der Waals surface area (Å²) in [6, 6.07) is 1.66. The first-order valence-corrected chi connectivity index (χ1v) is 6.40. The van der Waals surface area contributed by atoms with Crippen LogP contribution in [0.3, 0.4) is 0 Å². The van der Waals surface area contributed by atoms with E-state index < -0.39 is 0 Å². The van der Waals surface area contributed by atoms with Crippen LogP contribution in [-0.2, 0) is 11.3 Å². The Morgan fingerprint density at radius 3 is 2.95 bits per heavy atom. The van der Waals surface area contributed by atoms with Crippen molar-refractivity contribution in [1.82, 2.24) is 10.2 Å². The van der Waals surface area contributed by atoms with E-state index in [1.165, 1.54) is 6.26 Å². The molecule has 0 radical (unpaired) electrons. The molecule has 1 amide bonds. The lowest BCUT2D eigenvalue weighted by molar-refractivity contribution is 0.0948. The van der Waals surface area contributed by atoms with Gasteiger partial charge < -0.3 is 25.1 Å². The Kier molecular flexibility index (Phi) is 7.17. The average molecular weight is 269 g/mol. The van der Waals surface area contributed by atoms with Crippen molar-refractivity contribution in [3.05, 3.63) is 23.7 Å². The molecule has 6 nitrogen and oxygen atoms in total. The number of hydrogen-bond acceptors (Lipinski definition) is 5. The van der Waals surface area contributed by atoms with Gasteiger partial charge in [0.2, 0.25) is 0 Å². The first-order chi connectivity index (χ1) is 9.17. The van der Waals surface area contributed by atoms with Gasteiger partial charge in [0.15, 0.2) is 0 Å². The van der Waals surface area contributed by atoms with Gasteiger partial charge in [-0.25, -0.2) is 0 Å². The van der Waals surface area contributed by atoms with Gasteiger partial charge in [0.1, 0.15) is 12.0 Å². The van der Waals surface area contributed by atoms with Gasteiger partial charge in [-0.05, 0) is 19.5 Å². The molecule has 6 heteroatoms. The molecule has 3 N–H and O–H groups in total. The van der Waals surface area contributed by atoms with E-state index in [2.05, 4.69) is 10.2 Å². The van der Waals surface area contributed by atoms with Crippen LogP contribution in [0.2, 0.25) is 0 Å². The molecule has 0 bridgehead atoms. The van der Waals surface area contributed by atoms with E-state index in [1.807, 2.05) is 7.05 Å². The minimum atomic E-state index is -0.131. The molecule has 1 aromatic rings. The minimum Gasteiger partial charge on any atom is -0.467 e. The molecular weight excluding hydrogens is 246 g/mol. The summed E-state index contributed by atoms with van der Waals surface area (Å²) < 4.78 is 10.1. The number of nitrogens with zero attached hydrogens (tertiary/aromatic N) is 1. The summed E-state index contributed by atoms with van der Waals surface area (Å²) in [6.07, 6.45) is 2.42. The smallest absolute Gasteiger partial charge is 0.254 e. The van der Waals surface area contributed by atoms with Crippen LogP contribution in [0.15, 0.2) is 16.7 Å². The highest BCUT2D eigenvalue weighted by Gasteiger charge is 2.09. The summed E-state index contributed by atoms with van der Waals surface area (Å²) in [6.45, 7) is 3.42. The molecule has 0 unspecified atom stereocenters. The normalized spacial score (nSPS) is 10.9. The highest BCUT2D eigenvalue weighted by Crippen LogP contribution is 2.06. The molecule has 0 saturated carbocycles. The fraction of sp³-hybridized carbons (Fsp3) is 0.615. The molecule has 0 aliphatic heterocycles. The number of amides is 1. The first kappa shape index (κ1) is 15.7. The predicted octanol–water partition coefficient (Wildman–Crippen LogP) is 0.436. The van der Waals surface area contributed by atoms with Crippen molar-refractivity contribution >= 4 is 5.91 Å². The van der Waals surface area contributed by atoms with Crippen LogP contribution in [0, 0.1) is 0 Å². The first-order valence-electron chi connectivity index (χ1n) is 6.40. The number of nitrogens with one attached hydrogen (secondary N) is 1. The van der Waals surface area contributed by atoms with Crippen LogP contribution in [0.25, 0.3) is 0 Å². The van der Waals surface area contributed by atoms with E-state index >= 15 is 0 Å². The van der Waals surface area contributed by atoms with Crippen LogP contribution in [0.1, 0.15) is 22.5 Å². The second-order valence-corrected chi connectivity index (χ2v) is 4.41. The second-order valence-electron chi connectivity index (χ2n) is 4.41. The lowest BCUT2D eigenvalue weighted by Gasteiger charge is -2.16. The van der Waals surface area contributed by atoms with Crippen LogP contribution in [-0.4, -0.2) is 51.2 Å². The molecule has 1 heterocycles. The topological polar surface area (TPSA) is 80.7 Å². The number of furan rings is 1. The van der Waals surface area contributed by atoms with Crippen LogP contribution >= 0.6 is 0 Å². The van der Waals surface area contributed by atoms with Gasteiger partial charge in [-0.3, -0.25) is 4.79 Å². The van der Waals surface area contributed by atoms with Crippen LogP contribution in [0.5, 0.6) is 0 Å². The number of methoxy groups -OCH3 is 1. The van der Waals surface area contributed by atoms with Gasteiger partial charge in [0.25, 0.3) is 5.91 Å². The van der Waals surface area contributed by atoms with Crippen molar-refractivity contribution in [2.45, 2.75) is 13.0 Å². The third-order valence-corrected chi connectivity index (χ3v) is 2.78. The Morgan fingerprint density at radius 2 is 2.32 bits per heavy atom. The molecule has 0 fully saturated rings. The van der Waals surface area contributed by atoms with Crippen LogP contribution in [0.4, 0.5) is 0 Å². The average Bonchev–Trinajstić information content (AvgIpc) is 2.87. The molecule has 1 aromatic heterocycles. The van der Waals surface area contributed by atoms with E-state index in [-0.39, 0.29) is 5.91 Å². The molecular formula is C13H23N3O3. The number of hydrogen-bond donors (Lipinski definition) is 2. The maximum absolute atomic E-state index is 11.8. The lowest BCUT2D eigenvalue weighted by Crippen LogP contribution is -2.33. The number of ether oxygens (including phenoxy) is 1. The summed E-state index contributed by atoms with van der Waals surface area (Å²) in [4.78, 5) is 13.9. The second kappa shape index (κ2) is 8.68. The zero-order chi connectivity index (χ0) is 14.1. The maximum Gasteiger partial charge on any atom is 0.254 e. The summed E-state index contributed by atoms with van der Waals surface area (Å²) in [5, 5.41) is 2.85. The van der Waals surface area contributed by atoms with E-state index in [0.29, 0.717) is 24.4 Å². The van der Waals surface area contributed by atoms with Crippen molar-refractivity contribution < 1.29 is 13.9 Å². The van der Waals surface area contributed by atoms with Gasteiger partial charge >= 0.3 is 0 Å². The van der Waals surface area contributed by atoms with E-state index in [9.17, 15) is 4.79 Å². The zero-order valence-corrected chi connectivity index (χ0v) is 11.6. The number of rotatable bonds is 9. The summed E-state index contributed by atoms with van der Waals surface area (Å²) in [7, 11) is 3.72. The van der Waals surface area contributed by atoms with E-state index in [4.69, 9.17) is 14.9 Å². The molecule has 19 heavy (non-hydrogen) atoms. The number of carbonyl (C=O) groups excluding carboxylic acids is 1. The third-order valence-electron chi connectivity index (χ3n) is 2.78. The summed E-state index contributed by atoms with van der Waals surface area (Å²) in [5.74, 6) is 0.482. The Labute approximate surface area is 113 Å². The van der Waals surface area contributed by atoms with Gasteiger partial charge in [0.05, 0.1) is 12.1 Å². The zero-order valence-electron chi connectivity index (χ0n) is 11.6. The van der Waals surface area contributed by atoms with Gasteiger partial charge in [-0.1, -0.05) is 0 Å². The van der Waals surface area contributed by atoms with Crippen LogP contribution < -0.4 is 11.1 Å². The largest absolute Gasteiger partial charge is 0.467 e. The predicted molar refractivity (Wildman–Crippen MR) is 72.9 cm³/mol. The molecule has 1 rings (SSSR count). The van der Waals surface area contributed by atoms with Gasteiger partial charge in [-0.15, -0.1) is 0 Å². The van der Waals surface area contributed by atoms with Crippen molar-refractivity contribution in [2.75, 3.05) is 40.4 Å². The fourth-order valence-corrected chi connectivity index (χ4v) is 1.66. The van der Waals surface area contributed by atoms with E-state index in [0.717, 1.165) is 26.1 Å². The highest BCUT2D eigenvalue weighted by molar-refractivity contribution is 5.93. The van der Waals surface area contributed by atoms with Crippen molar-refractivity contribution in [2.24, 2.45) is 5.73 Å². The molecule has 0 spiro atoms. The number of carbonyl (C=O) groups is 1. The molecule has 0 aliphatic rings. The molecule has 108 valence electrons. The molecule has 0 saturated heterocycles. The fourth-order valence-electron chi connectivity index (χ4n) is 1.66. The number of likely N-dealkylation sites (N-methyl/N-ethyl adjacent to an activating group) is 1. The SMILES string of the molecule is COCCCN(C)CCNC(=O)c1coc(CN)c1. The van der Waals surface area contributed by atoms with Crippen molar-refractivity contribution in [3.8, 4) is 0 Å². The molecule has 0 atom stereocenters. The maximum atomic E-state index is 11.8. The van der Waals surface area contributed by atoms with Gasteiger partial charge in [-0.2, -0.15) is 0 Å². The monoisotopic (exact) mass is 269 g/mol. The minimum absolute atomic E-state index is 0.131. The number of nitrogens with two attached hydrogens (primary N) is 1. The lowest BCUT2D eigenvalue weighted by atomic mass is 10.3. The van der Waals surface area contributed by atoms with Crippen molar-refractivity contribution in [1.29, 1.82) is 0 Å². The molecule has 0 aromatic carbocycles. The molecule has 0 aliphatic carbocycles. The highest BCUT2D eigenvalue weighted by atomic mass is 16.5. The Hall–Kier alpha value is -1.37. The van der Waals surface area contributed by atoms with Crippen molar-refractivity contribution in [3.63, 3.8) is 0 Å². The quantitative estimate of drug-likeness (QED) is 0.636. The Bertz CT molecular complexity index is 379. The third kappa shape index (κ3) is 5.87. The van der Waals surface area contributed by atoms with Gasteiger partial charge in [0, 0.05) is 33.4 Å². The Balaban J connectivity index is 2.19.